The molecule has 0 unspecified atom stereocenters. The molecule has 1 rings (SSSR count). The maximum atomic E-state index is 3.78. The smallest absolute Gasteiger partial charge is 0.00974 e. The molecule has 1 aromatic rings. The van der Waals surface area contributed by atoms with Gasteiger partial charge >= 0.3 is 0 Å². The van der Waals surface area contributed by atoms with Gasteiger partial charge in [-0.25, -0.2) is 0 Å². The number of aryl methyl sites for hydroxylation is 1. The Hall–Kier alpha value is -1.04. The zero-order valence-corrected chi connectivity index (χ0v) is 8.42. The Labute approximate surface area is 81.3 Å². The SMILES string of the molecule is C=CCc1ccccc1CCCC. The fourth-order valence-corrected chi connectivity index (χ4v) is 1.52. The molecule has 0 heterocycles. The van der Waals surface area contributed by atoms with Crippen LogP contribution in [0.3, 0.4) is 0 Å². The zero-order chi connectivity index (χ0) is 9.52. The molecule has 0 aliphatic carbocycles. The average molecular weight is 174 g/mol. The molecule has 0 aliphatic rings. The number of allylic oxidation sites excluding steroid dienone is 1. The first-order valence-corrected chi connectivity index (χ1v) is 5.06. The lowest BCUT2D eigenvalue weighted by Gasteiger charge is -2.06. The topological polar surface area (TPSA) is 0 Å². The molecule has 0 spiro atoms. The molecule has 0 aromatic heterocycles. The summed E-state index contributed by atoms with van der Waals surface area (Å²) in [5, 5.41) is 0. The van der Waals surface area contributed by atoms with Gasteiger partial charge in [0.1, 0.15) is 0 Å². The van der Waals surface area contributed by atoms with Crippen LogP contribution in [0.25, 0.3) is 0 Å². The Morgan fingerprint density at radius 3 is 2.54 bits per heavy atom. The van der Waals surface area contributed by atoms with Gasteiger partial charge in [0.25, 0.3) is 0 Å². The maximum Gasteiger partial charge on any atom is -0.00974 e. The summed E-state index contributed by atoms with van der Waals surface area (Å²) in [7, 11) is 0. The molecule has 13 heavy (non-hydrogen) atoms. The third-order valence-corrected chi connectivity index (χ3v) is 2.28. The number of rotatable bonds is 5. The Morgan fingerprint density at radius 2 is 1.92 bits per heavy atom. The maximum absolute atomic E-state index is 3.78. The molecule has 70 valence electrons. The standard InChI is InChI=1S/C13H18/c1-3-5-9-13-11-7-6-10-12(13)8-4-2/h4,6-7,10-11H,2-3,5,8-9H2,1H3. The van der Waals surface area contributed by atoms with Gasteiger partial charge in [-0.3, -0.25) is 0 Å². The predicted molar refractivity (Wildman–Crippen MR) is 59.0 cm³/mol. The summed E-state index contributed by atoms with van der Waals surface area (Å²) in [4.78, 5) is 0. The van der Waals surface area contributed by atoms with Crippen molar-refractivity contribution in [2.75, 3.05) is 0 Å². The van der Waals surface area contributed by atoms with Gasteiger partial charge in [-0.1, -0.05) is 43.7 Å². The molecule has 0 radical (unpaired) electrons. The molecule has 0 nitrogen and oxygen atoms in total. The number of hydrogen-bond donors (Lipinski definition) is 0. The first-order chi connectivity index (χ1) is 6.38. The summed E-state index contributed by atoms with van der Waals surface area (Å²) in [5.41, 5.74) is 2.93. The Morgan fingerprint density at radius 1 is 1.23 bits per heavy atom. The highest BCUT2D eigenvalue weighted by Gasteiger charge is 1.98. The van der Waals surface area contributed by atoms with Gasteiger partial charge < -0.3 is 0 Å². The summed E-state index contributed by atoms with van der Waals surface area (Å²) in [6, 6.07) is 8.66. The highest BCUT2D eigenvalue weighted by Crippen LogP contribution is 2.12. The highest BCUT2D eigenvalue weighted by atomic mass is 14.0. The van der Waals surface area contributed by atoms with Crippen molar-refractivity contribution in [3.63, 3.8) is 0 Å². The number of hydrogen-bond acceptors (Lipinski definition) is 0. The van der Waals surface area contributed by atoms with E-state index in [1.165, 1.54) is 30.4 Å². The lowest BCUT2D eigenvalue weighted by atomic mass is 10.00. The number of benzene rings is 1. The van der Waals surface area contributed by atoms with Crippen LogP contribution in [-0.2, 0) is 12.8 Å². The minimum atomic E-state index is 1.000. The Bertz CT molecular complexity index is 260. The van der Waals surface area contributed by atoms with Crippen LogP contribution >= 0.6 is 0 Å². The van der Waals surface area contributed by atoms with E-state index < -0.39 is 0 Å². The summed E-state index contributed by atoms with van der Waals surface area (Å²) in [6.07, 6.45) is 6.74. The first-order valence-electron chi connectivity index (χ1n) is 5.06. The molecule has 0 aliphatic heterocycles. The molecule has 0 fully saturated rings. The lowest BCUT2D eigenvalue weighted by Crippen LogP contribution is -1.92. The second-order valence-electron chi connectivity index (χ2n) is 3.37. The summed E-state index contributed by atoms with van der Waals surface area (Å²) >= 11 is 0. The summed E-state index contributed by atoms with van der Waals surface area (Å²) < 4.78 is 0. The van der Waals surface area contributed by atoms with Crippen molar-refractivity contribution in [2.45, 2.75) is 32.6 Å². The second-order valence-corrected chi connectivity index (χ2v) is 3.37. The molecule has 0 bridgehead atoms. The van der Waals surface area contributed by atoms with Gasteiger partial charge in [0.2, 0.25) is 0 Å². The second kappa shape index (κ2) is 5.58. The van der Waals surface area contributed by atoms with E-state index in [2.05, 4.69) is 37.8 Å². The van der Waals surface area contributed by atoms with Crippen LogP contribution in [0, 0.1) is 0 Å². The quantitative estimate of drug-likeness (QED) is 0.596. The van der Waals surface area contributed by atoms with E-state index in [-0.39, 0.29) is 0 Å². The fraction of sp³-hybridized carbons (Fsp3) is 0.385. The molecule has 0 amide bonds. The average Bonchev–Trinajstić information content (AvgIpc) is 2.17. The minimum Gasteiger partial charge on any atom is -0.103 e. The molecule has 0 atom stereocenters. The van der Waals surface area contributed by atoms with E-state index in [9.17, 15) is 0 Å². The molecular weight excluding hydrogens is 156 g/mol. The van der Waals surface area contributed by atoms with Crippen LogP contribution in [0.5, 0.6) is 0 Å². The van der Waals surface area contributed by atoms with E-state index in [0.29, 0.717) is 0 Å². The van der Waals surface area contributed by atoms with Crippen molar-refractivity contribution in [1.82, 2.24) is 0 Å². The predicted octanol–water partition coefficient (Wildman–Crippen LogP) is 3.76. The van der Waals surface area contributed by atoms with Crippen LogP contribution in [-0.4, -0.2) is 0 Å². The van der Waals surface area contributed by atoms with E-state index in [1.807, 2.05) is 6.08 Å². The van der Waals surface area contributed by atoms with Gasteiger partial charge in [0, 0.05) is 0 Å². The molecule has 0 N–H and O–H groups in total. The molecule has 0 saturated heterocycles. The molecule has 1 aromatic carbocycles. The fourth-order valence-electron chi connectivity index (χ4n) is 1.52. The lowest BCUT2D eigenvalue weighted by molar-refractivity contribution is 0.789. The molecular formula is C13H18. The third-order valence-electron chi connectivity index (χ3n) is 2.28. The van der Waals surface area contributed by atoms with Crippen molar-refractivity contribution in [1.29, 1.82) is 0 Å². The van der Waals surface area contributed by atoms with Gasteiger partial charge in [-0.2, -0.15) is 0 Å². The molecule has 0 heteroatoms. The van der Waals surface area contributed by atoms with Crippen molar-refractivity contribution < 1.29 is 0 Å². The van der Waals surface area contributed by atoms with Gasteiger partial charge in [0.05, 0.1) is 0 Å². The zero-order valence-electron chi connectivity index (χ0n) is 8.42. The van der Waals surface area contributed by atoms with Crippen molar-refractivity contribution in [3.8, 4) is 0 Å². The monoisotopic (exact) mass is 174 g/mol. The van der Waals surface area contributed by atoms with E-state index in [4.69, 9.17) is 0 Å². The van der Waals surface area contributed by atoms with Crippen molar-refractivity contribution in [3.05, 3.63) is 48.0 Å². The van der Waals surface area contributed by atoms with Crippen LogP contribution in [0.2, 0.25) is 0 Å². The van der Waals surface area contributed by atoms with Crippen molar-refractivity contribution >= 4 is 0 Å². The third kappa shape index (κ3) is 3.06. The highest BCUT2D eigenvalue weighted by molar-refractivity contribution is 5.28. The summed E-state index contributed by atoms with van der Waals surface area (Å²) in [5.74, 6) is 0. The largest absolute Gasteiger partial charge is 0.103 e. The van der Waals surface area contributed by atoms with E-state index in [0.717, 1.165) is 6.42 Å². The number of unbranched alkanes of at least 4 members (excludes halogenated alkanes) is 1. The summed E-state index contributed by atoms with van der Waals surface area (Å²) in [6.45, 7) is 6.01. The first kappa shape index (κ1) is 10.0. The van der Waals surface area contributed by atoms with Crippen LogP contribution in [0.1, 0.15) is 30.9 Å². The molecule has 0 saturated carbocycles. The van der Waals surface area contributed by atoms with Crippen LogP contribution in [0.15, 0.2) is 36.9 Å². The van der Waals surface area contributed by atoms with Gasteiger partial charge in [0.15, 0.2) is 0 Å². The van der Waals surface area contributed by atoms with Crippen LogP contribution < -0.4 is 0 Å². The Balaban J connectivity index is 2.71. The van der Waals surface area contributed by atoms with E-state index >= 15 is 0 Å². The minimum absolute atomic E-state index is 1.000. The normalized spacial score (nSPS) is 9.92. The van der Waals surface area contributed by atoms with Gasteiger partial charge in [-0.15, -0.1) is 6.58 Å². The van der Waals surface area contributed by atoms with Crippen LogP contribution in [0.4, 0.5) is 0 Å². The Kier molecular flexibility index (Phi) is 4.31. The van der Waals surface area contributed by atoms with Gasteiger partial charge in [-0.05, 0) is 30.4 Å². The van der Waals surface area contributed by atoms with Crippen molar-refractivity contribution in [2.24, 2.45) is 0 Å². The van der Waals surface area contributed by atoms with E-state index in [1.54, 1.807) is 0 Å².